The van der Waals surface area contributed by atoms with Gasteiger partial charge in [0.25, 0.3) is 0 Å². The minimum atomic E-state index is -1.14. The molecule has 2 aromatic carbocycles. The van der Waals surface area contributed by atoms with Crippen LogP contribution in [-0.4, -0.2) is 60.8 Å². The van der Waals surface area contributed by atoms with E-state index in [0.717, 1.165) is 5.56 Å². The zero-order valence-electron chi connectivity index (χ0n) is 17.5. The second-order valence-corrected chi connectivity index (χ2v) is 7.55. The molecule has 0 unspecified atom stereocenters. The van der Waals surface area contributed by atoms with E-state index in [1.54, 1.807) is 12.1 Å². The van der Waals surface area contributed by atoms with E-state index in [4.69, 9.17) is 23.7 Å². The minimum absolute atomic E-state index is 0.179. The van der Waals surface area contributed by atoms with E-state index in [2.05, 4.69) is 5.32 Å². The van der Waals surface area contributed by atoms with Crippen LogP contribution in [0, 0.1) is 0 Å². The third-order valence-corrected chi connectivity index (χ3v) is 5.18. The lowest BCUT2D eigenvalue weighted by Gasteiger charge is -2.49. The molecule has 2 aliphatic rings. The number of carboxylic acid groups (broad SMARTS) is 1. The second kappa shape index (κ2) is 10.1. The lowest BCUT2D eigenvalue weighted by atomic mass is 9.95. The maximum absolute atomic E-state index is 12.0. The number of hydrogen-bond donors (Lipinski definition) is 2. The Hall–Kier alpha value is -2.98. The number of carbonyl (C=O) groups excluding carboxylic acids is 1. The fraction of sp³-hybridized carbons (Fsp3) is 0.391. The maximum atomic E-state index is 12.0. The second-order valence-electron chi connectivity index (χ2n) is 7.55. The van der Waals surface area contributed by atoms with Crippen LogP contribution in [0.5, 0.6) is 5.75 Å². The van der Waals surface area contributed by atoms with Crippen molar-refractivity contribution in [3.05, 3.63) is 66.2 Å². The highest BCUT2D eigenvalue weighted by Crippen LogP contribution is 2.36. The maximum Gasteiger partial charge on any atom is 0.329 e. The van der Waals surface area contributed by atoms with Crippen molar-refractivity contribution in [2.24, 2.45) is 0 Å². The monoisotopic (exact) mass is 443 g/mol. The Morgan fingerprint density at radius 1 is 1.06 bits per heavy atom. The molecule has 9 heteroatoms. The molecule has 1 amide bonds. The van der Waals surface area contributed by atoms with Crippen LogP contribution in [0.2, 0.25) is 0 Å². The Kier molecular flexibility index (Phi) is 7.01. The quantitative estimate of drug-likeness (QED) is 0.667. The van der Waals surface area contributed by atoms with Gasteiger partial charge in [-0.15, -0.1) is 0 Å². The van der Waals surface area contributed by atoms with Crippen molar-refractivity contribution < 1.29 is 38.4 Å². The van der Waals surface area contributed by atoms with Crippen LogP contribution >= 0.6 is 0 Å². The first kappa shape index (κ1) is 22.2. The number of para-hydroxylation sites is 1. The van der Waals surface area contributed by atoms with Crippen molar-refractivity contribution in [3.63, 3.8) is 0 Å². The van der Waals surface area contributed by atoms with Crippen molar-refractivity contribution in [3.8, 4) is 5.75 Å². The van der Waals surface area contributed by atoms with Crippen LogP contribution in [0.1, 0.15) is 18.8 Å². The molecule has 0 bridgehead atoms. The van der Waals surface area contributed by atoms with Gasteiger partial charge in [0, 0.05) is 12.5 Å². The number of rotatable bonds is 7. The number of fused-ring (bicyclic) bond motifs is 1. The van der Waals surface area contributed by atoms with Crippen molar-refractivity contribution in [2.75, 3.05) is 13.2 Å². The van der Waals surface area contributed by atoms with Crippen LogP contribution in [0.4, 0.5) is 0 Å². The van der Waals surface area contributed by atoms with Gasteiger partial charge in [-0.05, 0) is 12.1 Å². The summed E-state index contributed by atoms with van der Waals surface area (Å²) < 4.78 is 29.9. The van der Waals surface area contributed by atoms with Crippen molar-refractivity contribution in [1.82, 2.24) is 5.32 Å². The molecule has 0 aromatic heterocycles. The van der Waals surface area contributed by atoms with Crippen molar-refractivity contribution >= 4 is 11.9 Å². The summed E-state index contributed by atoms with van der Waals surface area (Å²) in [6.07, 6.45) is -3.76. The van der Waals surface area contributed by atoms with E-state index in [1.807, 2.05) is 48.5 Å². The fourth-order valence-electron chi connectivity index (χ4n) is 3.84. The first-order chi connectivity index (χ1) is 15.5. The Bertz CT molecular complexity index is 909. The highest BCUT2D eigenvalue weighted by Gasteiger charge is 2.52. The lowest BCUT2D eigenvalue weighted by Crippen LogP contribution is -2.68. The molecular formula is C23H25NO8. The van der Waals surface area contributed by atoms with E-state index >= 15 is 0 Å². The van der Waals surface area contributed by atoms with E-state index < -0.39 is 49.5 Å². The Morgan fingerprint density at radius 2 is 1.75 bits per heavy atom. The van der Waals surface area contributed by atoms with Crippen LogP contribution < -0.4 is 10.1 Å². The number of carbonyl (C=O) groups is 2. The molecule has 4 rings (SSSR count). The first-order valence-corrected chi connectivity index (χ1v) is 10.3. The van der Waals surface area contributed by atoms with Gasteiger partial charge in [0.1, 0.15) is 36.7 Å². The normalized spacial score (nSPS) is 29.5. The van der Waals surface area contributed by atoms with E-state index in [0.29, 0.717) is 5.75 Å². The molecule has 2 aliphatic heterocycles. The third-order valence-electron chi connectivity index (χ3n) is 5.18. The lowest BCUT2D eigenvalue weighted by molar-refractivity contribution is -0.337. The summed E-state index contributed by atoms with van der Waals surface area (Å²) in [5.74, 6) is -0.945. The SMILES string of the molecule is CC(=O)N[C@H]1[C@@H](Oc2ccccc2)O[C@@H]2CO[C@H](c3ccccc3)O[C@@H]2[C@@H]1OCC(=O)O. The van der Waals surface area contributed by atoms with Crippen LogP contribution in [0.3, 0.4) is 0 Å². The van der Waals surface area contributed by atoms with E-state index in [9.17, 15) is 14.7 Å². The number of hydrogen-bond acceptors (Lipinski definition) is 7. The number of nitrogens with one attached hydrogen (secondary N) is 1. The van der Waals surface area contributed by atoms with Crippen LogP contribution in [0.15, 0.2) is 60.7 Å². The van der Waals surface area contributed by atoms with E-state index in [-0.39, 0.29) is 12.5 Å². The smallest absolute Gasteiger partial charge is 0.329 e. The first-order valence-electron chi connectivity index (χ1n) is 10.3. The fourth-order valence-corrected chi connectivity index (χ4v) is 3.84. The van der Waals surface area contributed by atoms with Crippen LogP contribution in [-0.2, 0) is 28.5 Å². The van der Waals surface area contributed by atoms with Crippen molar-refractivity contribution in [2.45, 2.75) is 43.9 Å². The minimum Gasteiger partial charge on any atom is -0.480 e. The van der Waals surface area contributed by atoms with Gasteiger partial charge in [-0.2, -0.15) is 0 Å². The van der Waals surface area contributed by atoms with Crippen LogP contribution in [0.25, 0.3) is 0 Å². The van der Waals surface area contributed by atoms with Gasteiger partial charge in [0.05, 0.1) is 6.61 Å². The molecule has 32 heavy (non-hydrogen) atoms. The molecule has 2 aromatic rings. The van der Waals surface area contributed by atoms with Crippen molar-refractivity contribution in [1.29, 1.82) is 0 Å². The van der Waals surface area contributed by atoms with Gasteiger partial charge in [0.15, 0.2) is 6.29 Å². The van der Waals surface area contributed by atoms with Gasteiger partial charge >= 0.3 is 5.97 Å². The van der Waals surface area contributed by atoms with Gasteiger partial charge in [-0.25, -0.2) is 4.79 Å². The Labute approximate surface area is 185 Å². The zero-order valence-corrected chi connectivity index (χ0v) is 17.5. The molecule has 2 heterocycles. The average Bonchev–Trinajstić information content (AvgIpc) is 2.79. The Morgan fingerprint density at radius 3 is 2.41 bits per heavy atom. The summed E-state index contributed by atoms with van der Waals surface area (Å²) in [6, 6.07) is 17.5. The largest absolute Gasteiger partial charge is 0.480 e. The molecule has 2 N–H and O–H groups in total. The number of benzene rings is 2. The number of ether oxygens (including phenoxy) is 5. The highest BCUT2D eigenvalue weighted by atomic mass is 16.8. The molecule has 2 saturated heterocycles. The topological polar surface area (TPSA) is 113 Å². The summed E-state index contributed by atoms with van der Waals surface area (Å²) in [5, 5.41) is 12.0. The Balaban J connectivity index is 1.61. The number of amides is 1. The highest BCUT2D eigenvalue weighted by molar-refractivity contribution is 5.73. The molecule has 9 nitrogen and oxygen atoms in total. The predicted molar refractivity (Wildman–Crippen MR) is 111 cm³/mol. The van der Waals surface area contributed by atoms with E-state index in [1.165, 1.54) is 6.92 Å². The molecule has 170 valence electrons. The van der Waals surface area contributed by atoms with Gasteiger partial charge < -0.3 is 34.1 Å². The molecule has 6 atom stereocenters. The molecular weight excluding hydrogens is 418 g/mol. The molecule has 0 saturated carbocycles. The molecule has 0 radical (unpaired) electrons. The predicted octanol–water partition coefficient (Wildman–Crippen LogP) is 1.88. The number of aliphatic carboxylic acids is 1. The average molecular weight is 443 g/mol. The third kappa shape index (κ3) is 5.25. The molecule has 0 spiro atoms. The summed E-state index contributed by atoms with van der Waals surface area (Å²) in [7, 11) is 0. The summed E-state index contributed by atoms with van der Waals surface area (Å²) in [5.41, 5.74) is 0.807. The standard InChI is InChI=1S/C23H25NO8/c1-14(25)24-19-21(28-13-18(26)27)20-17(31-23(19)30-16-10-6-3-7-11-16)12-29-22(32-20)15-8-4-2-5-9-15/h2-11,17,19-23H,12-13H2,1H3,(H,24,25)(H,26,27)/t17-,19-,20+,21-,22+,23+/m1/s1. The molecule has 0 aliphatic carbocycles. The summed E-state index contributed by atoms with van der Waals surface area (Å²) >= 11 is 0. The number of carboxylic acids is 1. The van der Waals surface area contributed by atoms with Gasteiger partial charge in [0.2, 0.25) is 12.2 Å². The summed E-state index contributed by atoms with van der Waals surface area (Å²) in [4.78, 5) is 23.2. The molecule has 2 fully saturated rings. The van der Waals surface area contributed by atoms with Gasteiger partial charge in [-0.1, -0.05) is 48.5 Å². The zero-order chi connectivity index (χ0) is 22.5. The summed E-state index contributed by atoms with van der Waals surface area (Å²) in [6.45, 7) is 0.971. The van der Waals surface area contributed by atoms with Gasteiger partial charge in [-0.3, -0.25) is 4.79 Å².